The first-order valence-electron chi connectivity index (χ1n) is 37.0. The zero-order valence-electron chi connectivity index (χ0n) is 68.8. The predicted molar refractivity (Wildman–Crippen MR) is 456 cm³/mol. The van der Waals surface area contributed by atoms with Gasteiger partial charge in [-0.2, -0.15) is 0 Å². The fourth-order valence-corrected chi connectivity index (χ4v) is 15.4. The van der Waals surface area contributed by atoms with E-state index in [4.69, 9.17) is 30.2 Å². The molecule has 8 aromatic rings. The second-order valence-electron chi connectivity index (χ2n) is 27.6. The Morgan fingerprint density at radius 2 is 0.708 bits per heavy atom. The van der Waals surface area contributed by atoms with Gasteiger partial charge in [-0.25, -0.2) is 0 Å². The Bertz CT molecular complexity index is 3600. The Morgan fingerprint density at radius 1 is 0.462 bits per heavy atom. The monoisotopic (exact) mass is 1750 g/mol. The van der Waals surface area contributed by atoms with E-state index in [0.717, 1.165) is 111 Å². The second kappa shape index (κ2) is 57.0. The Labute approximate surface area is 705 Å². The maximum atomic E-state index is 10.1. The summed E-state index contributed by atoms with van der Waals surface area (Å²) in [6.07, 6.45) is 15.6. The molecule has 0 aliphatic rings. The van der Waals surface area contributed by atoms with Gasteiger partial charge in [-0.3, -0.25) is 0 Å². The average Bonchev–Trinajstić information content (AvgIpc) is 0.836. The van der Waals surface area contributed by atoms with Gasteiger partial charge in [0.2, 0.25) is 0 Å². The molecule has 0 aliphatic heterocycles. The van der Waals surface area contributed by atoms with Crippen molar-refractivity contribution in [3.05, 3.63) is 277 Å². The number of allylic oxidation sites excluding steroid dienone is 3. The van der Waals surface area contributed by atoms with Gasteiger partial charge in [0.25, 0.3) is 0 Å². The van der Waals surface area contributed by atoms with Crippen molar-refractivity contribution in [1.82, 2.24) is 0 Å². The van der Waals surface area contributed by atoms with E-state index in [0.29, 0.717) is 0 Å². The number of unbranched alkanes of at least 4 members (excludes halogenated alkanes) is 1. The average molecular weight is 1750 g/mol. The molecule has 0 unspecified atom stereocenters. The topological polar surface area (TPSA) is 156 Å². The van der Waals surface area contributed by atoms with E-state index in [2.05, 4.69) is 287 Å². The van der Waals surface area contributed by atoms with Crippen LogP contribution >= 0.6 is 15.9 Å². The van der Waals surface area contributed by atoms with Crippen molar-refractivity contribution < 1.29 is 99.5 Å². The zero-order chi connectivity index (χ0) is 79.1. The number of nitrogens with one attached hydrogen (secondary N) is 3. The molecule has 0 radical (unpaired) electrons. The first kappa shape index (κ1) is 101. The van der Waals surface area contributed by atoms with Crippen molar-refractivity contribution in [3.8, 4) is 0 Å². The van der Waals surface area contributed by atoms with Gasteiger partial charge < -0.3 is 44.5 Å². The quantitative estimate of drug-likeness (QED) is 0.0160. The zero-order valence-corrected chi connectivity index (χ0v) is 78.0. The van der Waals surface area contributed by atoms with Crippen LogP contribution in [0.25, 0.3) is 0 Å². The molecule has 0 heterocycles. The van der Waals surface area contributed by atoms with E-state index in [1.807, 2.05) is 52.5 Å². The third kappa shape index (κ3) is 45.1. The number of nitrogens with two attached hydrogens (primary N) is 1. The van der Waals surface area contributed by atoms with Crippen molar-refractivity contribution in [1.29, 1.82) is 0 Å². The molecule has 0 saturated carbocycles. The summed E-state index contributed by atoms with van der Waals surface area (Å²) in [6.45, 7) is 57.0. The molecule has 106 heavy (non-hydrogen) atoms. The molecular weight excluding hydrogens is 1620 g/mol. The van der Waals surface area contributed by atoms with Crippen molar-refractivity contribution in [2.24, 2.45) is 0 Å². The van der Waals surface area contributed by atoms with Crippen LogP contribution in [-0.2, 0) is 68.7 Å². The summed E-state index contributed by atoms with van der Waals surface area (Å²) in [6, 6.07) is 53.2. The van der Waals surface area contributed by atoms with E-state index < -0.39 is 41.9 Å². The number of hydrogen-bond acceptors (Lipinski definition) is 11. The fraction of sp³-hybridized carbons (Fsp3) is 0.400. The van der Waals surface area contributed by atoms with Crippen LogP contribution in [0.15, 0.2) is 188 Å². The molecule has 0 aliphatic carbocycles. The molecule has 0 fully saturated rings. The molecule has 0 atom stereocenters. The summed E-state index contributed by atoms with van der Waals surface area (Å²) in [5.41, 5.74) is 33.8. The Balaban J connectivity index is 0.00000127. The molecule has 8 rings (SSSR count). The SMILES string of the molecule is C=CCCc1ccc(Br)cc1.C=CCCc1ccc(Nc2c(C)cc(C)cc2C)cc1.C=CCCc1ccc(Nc2c(C)cc(C)cc2C)cc1.CC(C)(C)[O-].CCO[SiH](C)OCC.CCO[Si](C)(CCCCc1ccc(Nc2c(C)cc(C)cc2C)cc1)OCC.Cc1cc(C)c(N)c(C)c1.[K+].[O]=[Pt]=[O]. The van der Waals surface area contributed by atoms with Gasteiger partial charge in [0, 0.05) is 70.7 Å². The molecule has 0 spiro atoms. The number of rotatable bonds is 28. The normalized spacial score (nSPS) is 10.5. The van der Waals surface area contributed by atoms with E-state index in [1.165, 1.54) is 112 Å². The van der Waals surface area contributed by atoms with Gasteiger partial charge in [0.05, 0.1) is 0 Å². The van der Waals surface area contributed by atoms with Crippen LogP contribution < -0.4 is 78.2 Å². The molecule has 16 heteroatoms. The standard InChI is InChI=1S/C24H37NO2Si.2C19H23N.C10H11Br.C9H13N.C5H14O2Si.C4H9O.K.2O.Pt/c1-7-26-28(6,27-8-2)16-10-9-11-22-12-14-23(15-13-22)25-24-20(4)17-19(3)18-21(24)5;2*1-5-6-7-17-8-10-18(11-9-17)20-19-15(3)12-14(2)13-16(19)4;1-2-3-4-9-5-7-10(11)8-6-9;1-6-4-7(2)9(10)8(3)5-6;1-4-6-8(3)7-5-2;1-4(2,3)5;;;;/h12-15,17-18,25H,7-11,16H2,1-6H3;2*5,8-13,20H,1,6-7H2,2-4H3;2,5-8H,1,3-4H2;4-5H,10H2,1-3H3;8H,4-5H2,1-3H3;1-3H3;;;;/q;;;;;;-1;+1;;;. The van der Waals surface area contributed by atoms with Gasteiger partial charge in [0.15, 0.2) is 0 Å². The summed E-state index contributed by atoms with van der Waals surface area (Å²) in [5.74, 6) is 0. The third-order valence-electron chi connectivity index (χ3n) is 16.3. The first-order chi connectivity index (χ1) is 49.7. The molecule has 0 amide bonds. The number of halogens is 1. The van der Waals surface area contributed by atoms with E-state index in [9.17, 15) is 5.11 Å². The van der Waals surface area contributed by atoms with Crippen LogP contribution in [0, 0.1) is 83.1 Å². The Kier molecular flexibility index (Phi) is 54.2. The molecule has 11 nitrogen and oxygen atoms in total. The van der Waals surface area contributed by atoms with Crippen molar-refractivity contribution in [2.75, 3.05) is 48.1 Å². The molecular formula is C90H130BrKN4O7PtSi2. The molecule has 5 N–H and O–H groups in total. The number of anilines is 7. The summed E-state index contributed by atoms with van der Waals surface area (Å²) in [7, 11) is -3.17. The summed E-state index contributed by atoms with van der Waals surface area (Å²) < 4.78 is 40.4. The van der Waals surface area contributed by atoms with Gasteiger partial charge in [-0.1, -0.05) is 181 Å². The number of hydrogen-bond donors (Lipinski definition) is 4. The van der Waals surface area contributed by atoms with Gasteiger partial charge in [-0.05, 0) is 297 Å². The molecule has 0 bridgehead atoms. The van der Waals surface area contributed by atoms with E-state index >= 15 is 0 Å². The molecule has 8 aromatic carbocycles. The molecule has 0 aromatic heterocycles. The third-order valence-corrected chi connectivity index (χ3v) is 21.5. The summed E-state index contributed by atoms with van der Waals surface area (Å²) in [5, 5.41) is 20.7. The molecule has 0 saturated heterocycles. The van der Waals surface area contributed by atoms with Crippen LogP contribution in [0.4, 0.5) is 39.8 Å². The van der Waals surface area contributed by atoms with Crippen molar-refractivity contribution >= 4 is 73.6 Å². The van der Waals surface area contributed by atoms with Crippen molar-refractivity contribution in [2.45, 2.75) is 214 Å². The van der Waals surface area contributed by atoms with Crippen LogP contribution in [0.5, 0.6) is 0 Å². The predicted octanol–water partition coefficient (Wildman–Crippen LogP) is 21.4. The maximum absolute atomic E-state index is 10.1. The summed E-state index contributed by atoms with van der Waals surface area (Å²) >= 11 is 1.48. The van der Waals surface area contributed by atoms with Gasteiger partial charge >= 0.3 is 94.5 Å². The number of nitrogen functional groups attached to an aromatic ring is 1. The van der Waals surface area contributed by atoms with Gasteiger partial charge in [-0.15, -0.1) is 25.3 Å². The van der Waals surface area contributed by atoms with Crippen LogP contribution in [-0.4, -0.2) is 49.9 Å². The fourth-order valence-electron chi connectivity index (χ4n) is 11.6. The first-order valence-corrected chi connectivity index (χ1v) is 44.3. The van der Waals surface area contributed by atoms with Crippen molar-refractivity contribution in [3.63, 3.8) is 0 Å². The minimum absolute atomic E-state index is 0. The summed E-state index contributed by atoms with van der Waals surface area (Å²) in [4.78, 5) is 0. The molecule has 578 valence electrons. The number of aryl methyl sites for hydroxylation is 16. The van der Waals surface area contributed by atoms with Gasteiger partial charge in [0.1, 0.15) is 0 Å². The van der Waals surface area contributed by atoms with Crippen LogP contribution in [0.1, 0.15) is 170 Å². The van der Waals surface area contributed by atoms with Crippen LogP contribution in [0.2, 0.25) is 19.1 Å². The van der Waals surface area contributed by atoms with E-state index in [1.54, 1.807) is 20.8 Å². The second-order valence-corrected chi connectivity index (χ2v) is 34.0. The van der Waals surface area contributed by atoms with Crippen LogP contribution in [0.3, 0.4) is 0 Å². The minimum atomic E-state index is -1.96. The number of benzene rings is 8. The Hall–Kier alpha value is -5.18. The van der Waals surface area contributed by atoms with E-state index in [-0.39, 0.29) is 51.4 Å². The Morgan fingerprint density at radius 3 is 0.953 bits per heavy atom.